The predicted molar refractivity (Wildman–Crippen MR) is 118 cm³/mol. The summed E-state index contributed by atoms with van der Waals surface area (Å²) in [6.45, 7) is 5.08. The van der Waals surface area contributed by atoms with Crippen molar-refractivity contribution >= 4 is 48.0 Å². The Labute approximate surface area is 183 Å². The molecule has 0 saturated heterocycles. The van der Waals surface area contributed by atoms with Crippen molar-refractivity contribution in [3.05, 3.63) is 63.6 Å². The molecule has 1 atom stereocenters. The normalized spacial score (nSPS) is 11.3. The number of para-hydroxylation sites is 1. The Hall–Kier alpha value is -0.720. The number of hydrogen-bond acceptors (Lipinski definition) is 4. The molecule has 2 rings (SSSR count). The molecule has 0 aliphatic carbocycles. The summed E-state index contributed by atoms with van der Waals surface area (Å²) in [5.41, 5.74) is 1.99. The van der Waals surface area contributed by atoms with Gasteiger partial charge in [-0.2, -0.15) is 0 Å². The Morgan fingerprint density at radius 2 is 1.70 bits per heavy atom. The Bertz CT molecular complexity index is 672. The van der Waals surface area contributed by atoms with Crippen molar-refractivity contribution in [2.45, 2.75) is 26.2 Å². The Morgan fingerprint density at radius 3 is 2.41 bits per heavy atom. The van der Waals surface area contributed by atoms with Gasteiger partial charge in [-0.25, -0.2) is 0 Å². The number of nitrogens with one attached hydrogen (secondary N) is 2. The van der Waals surface area contributed by atoms with Gasteiger partial charge in [-0.1, -0.05) is 47.5 Å². The van der Waals surface area contributed by atoms with Crippen molar-refractivity contribution in [3.63, 3.8) is 0 Å². The van der Waals surface area contributed by atoms with Gasteiger partial charge < -0.3 is 20.5 Å². The molecule has 152 valence electrons. The first-order valence-electron chi connectivity index (χ1n) is 8.30. The van der Waals surface area contributed by atoms with Gasteiger partial charge in [0.15, 0.2) is 0 Å². The highest BCUT2D eigenvalue weighted by molar-refractivity contribution is 6.35. The maximum absolute atomic E-state index is 9.19. The highest BCUT2D eigenvalue weighted by Gasteiger charge is 2.06. The minimum absolute atomic E-state index is 0. The fourth-order valence-corrected chi connectivity index (χ4v) is 2.76. The van der Waals surface area contributed by atoms with E-state index in [1.54, 1.807) is 19.1 Å². The van der Waals surface area contributed by atoms with Crippen LogP contribution in [0.25, 0.3) is 0 Å². The SMILES string of the molecule is CC(O)CNCCNCc1ccccc1OCc1ccc(Cl)cc1Cl.Cl.Cl. The lowest BCUT2D eigenvalue weighted by Gasteiger charge is -2.13. The minimum atomic E-state index is -0.325. The number of aliphatic hydroxyl groups is 1. The van der Waals surface area contributed by atoms with Gasteiger partial charge in [0.05, 0.1) is 6.10 Å². The lowest BCUT2D eigenvalue weighted by atomic mass is 10.2. The number of ether oxygens (including phenoxy) is 1. The monoisotopic (exact) mass is 454 g/mol. The summed E-state index contributed by atoms with van der Waals surface area (Å²) in [5.74, 6) is 0.831. The van der Waals surface area contributed by atoms with Gasteiger partial charge in [0.2, 0.25) is 0 Å². The standard InChI is InChI=1S/C19H24Cl2N2O2.2ClH/c1-14(24)11-22-8-9-23-12-15-4-2-3-5-19(15)25-13-16-6-7-17(20)10-18(16)21;;/h2-7,10,14,22-24H,8-9,11-13H2,1H3;2*1H. The molecule has 8 heteroatoms. The molecule has 0 spiro atoms. The third kappa shape index (κ3) is 9.86. The van der Waals surface area contributed by atoms with E-state index in [2.05, 4.69) is 10.6 Å². The maximum atomic E-state index is 9.19. The van der Waals surface area contributed by atoms with Crippen LogP contribution in [0.4, 0.5) is 0 Å². The highest BCUT2D eigenvalue weighted by atomic mass is 35.5. The molecule has 0 fully saturated rings. The van der Waals surface area contributed by atoms with E-state index in [0.29, 0.717) is 29.7 Å². The van der Waals surface area contributed by atoms with Crippen LogP contribution in [0, 0.1) is 0 Å². The molecule has 2 aromatic rings. The molecule has 2 aromatic carbocycles. The molecule has 0 heterocycles. The fourth-order valence-electron chi connectivity index (χ4n) is 2.30. The summed E-state index contributed by atoms with van der Waals surface area (Å²) in [6, 6.07) is 13.3. The Morgan fingerprint density at radius 1 is 1.00 bits per heavy atom. The first-order chi connectivity index (χ1) is 12.1. The van der Waals surface area contributed by atoms with Crippen molar-refractivity contribution in [2.24, 2.45) is 0 Å². The third-order valence-corrected chi connectivity index (χ3v) is 4.19. The Balaban J connectivity index is 0.00000338. The van der Waals surface area contributed by atoms with Crippen molar-refractivity contribution in [3.8, 4) is 5.75 Å². The lowest BCUT2D eigenvalue weighted by molar-refractivity contribution is 0.191. The summed E-state index contributed by atoms with van der Waals surface area (Å²) in [4.78, 5) is 0. The molecule has 0 bridgehead atoms. The van der Waals surface area contributed by atoms with Crippen LogP contribution in [0.5, 0.6) is 5.75 Å². The summed E-state index contributed by atoms with van der Waals surface area (Å²) in [5, 5.41) is 17.0. The van der Waals surface area contributed by atoms with Crippen molar-refractivity contribution in [1.82, 2.24) is 10.6 Å². The first-order valence-corrected chi connectivity index (χ1v) is 9.06. The molecule has 27 heavy (non-hydrogen) atoms. The van der Waals surface area contributed by atoms with Crippen LogP contribution in [0.3, 0.4) is 0 Å². The van der Waals surface area contributed by atoms with E-state index in [9.17, 15) is 5.11 Å². The molecular weight excluding hydrogens is 430 g/mol. The van der Waals surface area contributed by atoms with Gasteiger partial charge in [-0.15, -0.1) is 24.8 Å². The van der Waals surface area contributed by atoms with Gasteiger partial charge >= 0.3 is 0 Å². The van der Waals surface area contributed by atoms with Crippen molar-refractivity contribution < 1.29 is 9.84 Å². The molecule has 0 saturated carbocycles. The van der Waals surface area contributed by atoms with Crippen LogP contribution in [-0.4, -0.2) is 30.8 Å². The summed E-state index contributed by atoms with van der Waals surface area (Å²) >= 11 is 12.1. The van der Waals surface area contributed by atoms with E-state index in [4.69, 9.17) is 27.9 Å². The molecular formula is C19H26Cl4N2O2. The van der Waals surface area contributed by atoms with E-state index in [0.717, 1.165) is 30.0 Å². The van der Waals surface area contributed by atoms with Gasteiger partial charge in [-0.3, -0.25) is 0 Å². The zero-order chi connectivity index (χ0) is 18.1. The topological polar surface area (TPSA) is 53.5 Å². The second-order valence-electron chi connectivity index (χ2n) is 5.86. The van der Waals surface area contributed by atoms with Crippen LogP contribution in [0.15, 0.2) is 42.5 Å². The van der Waals surface area contributed by atoms with Crippen molar-refractivity contribution in [2.75, 3.05) is 19.6 Å². The molecule has 0 aromatic heterocycles. The van der Waals surface area contributed by atoms with E-state index in [1.165, 1.54) is 0 Å². The van der Waals surface area contributed by atoms with E-state index in [1.807, 2.05) is 30.3 Å². The highest BCUT2D eigenvalue weighted by Crippen LogP contribution is 2.24. The number of aliphatic hydroxyl groups excluding tert-OH is 1. The minimum Gasteiger partial charge on any atom is -0.489 e. The molecule has 1 unspecified atom stereocenters. The smallest absolute Gasteiger partial charge is 0.124 e. The zero-order valence-electron chi connectivity index (χ0n) is 15.1. The summed E-state index contributed by atoms with van der Waals surface area (Å²) in [7, 11) is 0. The van der Waals surface area contributed by atoms with Crippen LogP contribution < -0.4 is 15.4 Å². The average molecular weight is 456 g/mol. The van der Waals surface area contributed by atoms with Crippen LogP contribution in [0.2, 0.25) is 10.0 Å². The van der Waals surface area contributed by atoms with E-state index >= 15 is 0 Å². The molecule has 0 amide bonds. The summed E-state index contributed by atoms with van der Waals surface area (Å²) in [6.07, 6.45) is -0.325. The third-order valence-electron chi connectivity index (χ3n) is 3.60. The number of hydrogen-bond donors (Lipinski definition) is 3. The first kappa shape index (κ1) is 26.3. The van der Waals surface area contributed by atoms with Gasteiger partial charge in [0, 0.05) is 47.4 Å². The van der Waals surface area contributed by atoms with Gasteiger partial charge in [0.25, 0.3) is 0 Å². The van der Waals surface area contributed by atoms with E-state index < -0.39 is 0 Å². The maximum Gasteiger partial charge on any atom is 0.124 e. The fraction of sp³-hybridized carbons (Fsp3) is 0.368. The average Bonchev–Trinajstić information content (AvgIpc) is 2.58. The van der Waals surface area contributed by atoms with E-state index in [-0.39, 0.29) is 30.9 Å². The van der Waals surface area contributed by atoms with Crippen LogP contribution in [0.1, 0.15) is 18.1 Å². The lowest BCUT2D eigenvalue weighted by Crippen LogP contribution is -2.31. The quantitative estimate of drug-likeness (QED) is 0.462. The molecule has 0 radical (unpaired) electrons. The van der Waals surface area contributed by atoms with Crippen LogP contribution in [-0.2, 0) is 13.2 Å². The number of benzene rings is 2. The van der Waals surface area contributed by atoms with Crippen LogP contribution >= 0.6 is 48.0 Å². The predicted octanol–water partition coefficient (Wildman–Crippen LogP) is 4.48. The molecule has 3 N–H and O–H groups in total. The molecule has 0 aliphatic heterocycles. The number of halogens is 4. The second kappa shape index (κ2) is 14.3. The zero-order valence-corrected chi connectivity index (χ0v) is 18.2. The molecule has 4 nitrogen and oxygen atoms in total. The second-order valence-corrected chi connectivity index (χ2v) is 6.71. The summed E-state index contributed by atoms with van der Waals surface area (Å²) < 4.78 is 5.94. The molecule has 0 aliphatic rings. The largest absolute Gasteiger partial charge is 0.489 e. The van der Waals surface area contributed by atoms with Gasteiger partial charge in [0.1, 0.15) is 12.4 Å². The van der Waals surface area contributed by atoms with Gasteiger partial charge in [-0.05, 0) is 25.1 Å². The Kier molecular flexibility index (Phi) is 13.9. The van der Waals surface area contributed by atoms with Crippen molar-refractivity contribution in [1.29, 1.82) is 0 Å². The number of rotatable bonds is 10.